The standard InChI is InChI=1S/C9H10BrNOS/c10-8-3-1-7(2-4-8)5-6-11-9(12)13/h1-4H,5-6H2,(H2,11,12,13). The summed E-state index contributed by atoms with van der Waals surface area (Å²) in [5.41, 5.74) is 1.20. The first-order valence-electron chi connectivity index (χ1n) is 3.90. The van der Waals surface area contributed by atoms with Crippen LogP contribution in [0.3, 0.4) is 0 Å². The third kappa shape index (κ3) is 4.33. The lowest BCUT2D eigenvalue weighted by molar-refractivity contribution is 0.261. The summed E-state index contributed by atoms with van der Waals surface area (Å²) in [5.74, 6) is 0. The lowest BCUT2D eigenvalue weighted by Crippen LogP contribution is -2.19. The molecule has 4 heteroatoms. The molecule has 13 heavy (non-hydrogen) atoms. The number of hydrogen-bond donors (Lipinski definition) is 2. The number of thiol groups is 1. The van der Waals surface area contributed by atoms with Gasteiger partial charge in [0.05, 0.1) is 0 Å². The molecule has 1 aromatic rings. The van der Waals surface area contributed by atoms with Crippen LogP contribution >= 0.6 is 28.6 Å². The van der Waals surface area contributed by atoms with Gasteiger partial charge in [-0.1, -0.05) is 40.7 Å². The summed E-state index contributed by atoms with van der Waals surface area (Å²) >= 11 is 6.96. The average molecular weight is 260 g/mol. The first kappa shape index (κ1) is 10.6. The molecule has 0 heterocycles. The second kappa shape index (κ2) is 5.29. The summed E-state index contributed by atoms with van der Waals surface area (Å²) in [4.78, 5) is 10.4. The topological polar surface area (TPSA) is 29.1 Å². The second-order valence-corrected chi connectivity index (χ2v) is 3.93. The van der Waals surface area contributed by atoms with E-state index in [0.29, 0.717) is 6.54 Å². The molecule has 0 unspecified atom stereocenters. The summed E-state index contributed by atoms with van der Waals surface area (Å²) in [6.45, 7) is 0.629. The maximum Gasteiger partial charge on any atom is 0.275 e. The lowest BCUT2D eigenvalue weighted by atomic mass is 10.1. The Hall–Kier alpha value is -0.480. The predicted octanol–water partition coefficient (Wildman–Crippen LogP) is 2.63. The highest BCUT2D eigenvalue weighted by atomic mass is 79.9. The summed E-state index contributed by atoms with van der Waals surface area (Å²) < 4.78 is 1.06. The molecular weight excluding hydrogens is 250 g/mol. The summed E-state index contributed by atoms with van der Waals surface area (Å²) in [7, 11) is 0. The largest absolute Gasteiger partial charge is 0.347 e. The van der Waals surface area contributed by atoms with Crippen LogP contribution in [0.5, 0.6) is 0 Å². The Morgan fingerprint density at radius 2 is 2.00 bits per heavy atom. The Balaban J connectivity index is 2.37. The monoisotopic (exact) mass is 259 g/mol. The fourth-order valence-electron chi connectivity index (χ4n) is 0.965. The van der Waals surface area contributed by atoms with Gasteiger partial charge in [0.2, 0.25) is 0 Å². The van der Waals surface area contributed by atoms with Gasteiger partial charge in [-0.25, -0.2) is 0 Å². The normalized spacial score (nSPS) is 9.69. The minimum Gasteiger partial charge on any atom is -0.347 e. The van der Waals surface area contributed by atoms with Gasteiger partial charge in [0.15, 0.2) is 0 Å². The molecule has 0 spiro atoms. The summed E-state index contributed by atoms with van der Waals surface area (Å²) in [6.07, 6.45) is 0.833. The van der Waals surface area contributed by atoms with Crippen molar-refractivity contribution in [1.82, 2.24) is 5.32 Å². The molecule has 0 aliphatic rings. The minimum absolute atomic E-state index is 0.280. The van der Waals surface area contributed by atoms with Crippen molar-refractivity contribution in [3.05, 3.63) is 34.3 Å². The number of amides is 1. The van der Waals surface area contributed by atoms with Gasteiger partial charge in [-0.05, 0) is 24.1 Å². The predicted molar refractivity (Wildman–Crippen MR) is 60.2 cm³/mol. The third-order valence-electron chi connectivity index (χ3n) is 1.60. The molecule has 0 saturated heterocycles. The van der Waals surface area contributed by atoms with Crippen molar-refractivity contribution >= 4 is 33.8 Å². The van der Waals surface area contributed by atoms with E-state index >= 15 is 0 Å². The lowest BCUT2D eigenvalue weighted by Gasteiger charge is -2.01. The number of rotatable bonds is 3. The van der Waals surface area contributed by atoms with Crippen LogP contribution in [-0.2, 0) is 6.42 Å². The Kier molecular flexibility index (Phi) is 4.32. The minimum atomic E-state index is -0.280. The van der Waals surface area contributed by atoms with E-state index in [1.807, 2.05) is 24.3 Å². The van der Waals surface area contributed by atoms with Crippen LogP contribution < -0.4 is 5.32 Å². The van der Waals surface area contributed by atoms with E-state index in [4.69, 9.17) is 0 Å². The molecule has 70 valence electrons. The van der Waals surface area contributed by atoms with Crippen molar-refractivity contribution in [1.29, 1.82) is 0 Å². The van der Waals surface area contributed by atoms with Crippen molar-refractivity contribution in [3.8, 4) is 0 Å². The number of carbonyl (C=O) groups excluding carboxylic acids is 1. The molecule has 0 aliphatic heterocycles. The van der Waals surface area contributed by atoms with Crippen molar-refractivity contribution in [3.63, 3.8) is 0 Å². The smallest absolute Gasteiger partial charge is 0.275 e. The second-order valence-electron chi connectivity index (χ2n) is 2.61. The van der Waals surface area contributed by atoms with Crippen molar-refractivity contribution in [2.45, 2.75) is 6.42 Å². The first-order chi connectivity index (χ1) is 6.18. The molecule has 1 aromatic carbocycles. The number of halogens is 1. The Morgan fingerprint density at radius 1 is 1.38 bits per heavy atom. The molecule has 0 fully saturated rings. The highest BCUT2D eigenvalue weighted by Crippen LogP contribution is 2.10. The van der Waals surface area contributed by atoms with Crippen LogP contribution in [0.2, 0.25) is 0 Å². The van der Waals surface area contributed by atoms with Gasteiger partial charge in [0, 0.05) is 11.0 Å². The molecule has 0 aliphatic carbocycles. The number of carbonyl (C=O) groups is 1. The van der Waals surface area contributed by atoms with E-state index in [-0.39, 0.29) is 5.24 Å². The van der Waals surface area contributed by atoms with Crippen LogP contribution in [0.25, 0.3) is 0 Å². The van der Waals surface area contributed by atoms with Crippen LogP contribution in [0.1, 0.15) is 5.56 Å². The zero-order valence-electron chi connectivity index (χ0n) is 6.96. The van der Waals surface area contributed by atoms with E-state index in [1.165, 1.54) is 5.56 Å². The Labute approximate surface area is 91.3 Å². The molecule has 2 nitrogen and oxygen atoms in total. The highest BCUT2D eigenvalue weighted by Gasteiger charge is 1.94. The molecule has 0 saturated carbocycles. The fourth-order valence-corrected chi connectivity index (χ4v) is 1.34. The average Bonchev–Trinajstić information content (AvgIpc) is 2.08. The molecule has 1 amide bonds. The van der Waals surface area contributed by atoms with Crippen LogP contribution in [-0.4, -0.2) is 11.8 Å². The molecule has 1 rings (SSSR count). The van der Waals surface area contributed by atoms with E-state index < -0.39 is 0 Å². The third-order valence-corrected chi connectivity index (χ3v) is 2.29. The quantitative estimate of drug-likeness (QED) is 0.804. The van der Waals surface area contributed by atoms with Gasteiger partial charge in [0.25, 0.3) is 5.24 Å². The van der Waals surface area contributed by atoms with E-state index in [9.17, 15) is 4.79 Å². The molecule has 0 atom stereocenters. The van der Waals surface area contributed by atoms with Crippen LogP contribution in [0.15, 0.2) is 28.7 Å². The number of hydrogen-bond acceptors (Lipinski definition) is 1. The summed E-state index contributed by atoms with van der Waals surface area (Å²) in [5, 5.41) is 2.34. The van der Waals surface area contributed by atoms with Gasteiger partial charge >= 0.3 is 0 Å². The highest BCUT2D eigenvalue weighted by molar-refractivity contribution is 9.10. The van der Waals surface area contributed by atoms with Crippen molar-refractivity contribution in [2.75, 3.05) is 6.54 Å². The van der Waals surface area contributed by atoms with Crippen molar-refractivity contribution < 1.29 is 4.79 Å². The molecule has 1 N–H and O–H groups in total. The maximum absolute atomic E-state index is 10.4. The zero-order chi connectivity index (χ0) is 9.68. The van der Waals surface area contributed by atoms with Gasteiger partial charge in [0.1, 0.15) is 0 Å². The molecule has 0 radical (unpaired) electrons. The van der Waals surface area contributed by atoms with Gasteiger partial charge in [-0.3, -0.25) is 4.79 Å². The SMILES string of the molecule is O=C(S)NCCc1ccc(Br)cc1. The summed E-state index contributed by atoms with van der Waals surface area (Å²) in [6, 6.07) is 8.01. The Bertz CT molecular complexity index is 286. The van der Waals surface area contributed by atoms with Gasteiger partial charge < -0.3 is 5.32 Å². The maximum atomic E-state index is 10.4. The molecule has 0 aromatic heterocycles. The number of benzene rings is 1. The Morgan fingerprint density at radius 3 is 2.54 bits per heavy atom. The first-order valence-corrected chi connectivity index (χ1v) is 5.14. The van der Waals surface area contributed by atoms with Gasteiger partial charge in [-0.15, -0.1) is 0 Å². The molecule has 0 bridgehead atoms. The van der Waals surface area contributed by atoms with E-state index in [0.717, 1.165) is 10.9 Å². The fraction of sp³-hybridized carbons (Fsp3) is 0.222. The van der Waals surface area contributed by atoms with Crippen LogP contribution in [0.4, 0.5) is 4.79 Å². The van der Waals surface area contributed by atoms with E-state index in [2.05, 4.69) is 33.9 Å². The van der Waals surface area contributed by atoms with Gasteiger partial charge in [-0.2, -0.15) is 0 Å². The van der Waals surface area contributed by atoms with E-state index in [1.54, 1.807) is 0 Å². The van der Waals surface area contributed by atoms with Crippen molar-refractivity contribution in [2.24, 2.45) is 0 Å². The van der Waals surface area contributed by atoms with Crippen LogP contribution in [0, 0.1) is 0 Å². The number of nitrogens with one attached hydrogen (secondary N) is 1. The molecular formula is C9H10BrNOS. The zero-order valence-corrected chi connectivity index (χ0v) is 9.44.